The largest absolute Gasteiger partial charge is 0.493 e. The predicted octanol–water partition coefficient (Wildman–Crippen LogP) is 4.49. The molecule has 194 valence electrons. The molecule has 0 saturated heterocycles. The SMILES string of the molecule is CCOC(=O)C(C(=O)OCC)C1c2c(ccc(OC)c2OC)-c2ccc3cc4c(cc3c2N1C)OCO4. The highest BCUT2D eigenvalue weighted by Gasteiger charge is 2.47. The second-order valence-electron chi connectivity index (χ2n) is 8.69. The van der Waals surface area contributed by atoms with Crippen LogP contribution in [0.4, 0.5) is 5.69 Å². The van der Waals surface area contributed by atoms with Crippen molar-refractivity contribution in [2.24, 2.45) is 5.92 Å². The minimum atomic E-state index is -1.28. The third-order valence-corrected chi connectivity index (χ3v) is 6.82. The molecule has 2 aliphatic heterocycles. The molecule has 0 radical (unpaired) electrons. The molecule has 0 aromatic heterocycles. The molecule has 5 rings (SSSR count). The molecule has 3 aromatic rings. The van der Waals surface area contributed by atoms with Crippen LogP contribution in [0.2, 0.25) is 0 Å². The minimum absolute atomic E-state index is 0.121. The number of hydrogen-bond acceptors (Lipinski definition) is 9. The fraction of sp³-hybridized carbons (Fsp3) is 0.357. The van der Waals surface area contributed by atoms with E-state index in [1.54, 1.807) is 21.0 Å². The van der Waals surface area contributed by atoms with Crippen molar-refractivity contribution in [3.63, 3.8) is 0 Å². The predicted molar refractivity (Wildman–Crippen MR) is 137 cm³/mol. The molecule has 3 aromatic carbocycles. The van der Waals surface area contributed by atoms with Crippen LogP contribution in [0.3, 0.4) is 0 Å². The first kappa shape index (κ1) is 24.5. The molecule has 9 heteroatoms. The summed E-state index contributed by atoms with van der Waals surface area (Å²) in [4.78, 5) is 28.6. The Morgan fingerprint density at radius 3 is 2.22 bits per heavy atom. The van der Waals surface area contributed by atoms with Crippen LogP contribution >= 0.6 is 0 Å². The lowest BCUT2D eigenvalue weighted by atomic mass is 9.80. The number of rotatable bonds is 7. The Kier molecular flexibility index (Phi) is 6.45. The third kappa shape index (κ3) is 3.85. The van der Waals surface area contributed by atoms with Crippen LogP contribution in [0.1, 0.15) is 25.5 Å². The lowest BCUT2D eigenvalue weighted by Gasteiger charge is -2.41. The molecular weight excluding hydrogens is 478 g/mol. The molecule has 2 heterocycles. The summed E-state index contributed by atoms with van der Waals surface area (Å²) in [5, 5.41) is 1.82. The van der Waals surface area contributed by atoms with E-state index in [9.17, 15) is 9.59 Å². The van der Waals surface area contributed by atoms with Gasteiger partial charge in [0.25, 0.3) is 0 Å². The minimum Gasteiger partial charge on any atom is -0.493 e. The van der Waals surface area contributed by atoms with Crippen molar-refractivity contribution in [2.75, 3.05) is 46.2 Å². The van der Waals surface area contributed by atoms with E-state index in [1.165, 1.54) is 7.11 Å². The summed E-state index contributed by atoms with van der Waals surface area (Å²) >= 11 is 0. The monoisotopic (exact) mass is 507 g/mol. The van der Waals surface area contributed by atoms with E-state index in [2.05, 4.69) is 0 Å². The molecule has 0 amide bonds. The quantitative estimate of drug-likeness (QED) is 0.339. The topological polar surface area (TPSA) is 92.8 Å². The second kappa shape index (κ2) is 9.72. The van der Waals surface area contributed by atoms with Gasteiger partial charge in [0, 0.05) is 23.6 Å². The molecule has 9 nitrogen and oxygen atoms in total. The van der Waals surface area contributed by atoms with Gasteiger partial charge in [-0.15, -0.1) is 0 Å². The molecule has 0 saturated carbocycles. The fourth-order valence-corrected chi connectivity index (χ4v) is 5.32. The summed E-state index contributed by atoms with van der Waals surface area (Å²) in [6.45, 7) is 3.80. The van der Waals surface area contributed by atoms with E-state index in [4.69, 9.17) is 28.4 Å². The average molecular weight is 508 g/mol. The van der Waals surface area contributed by atoms with Crippen molar-refractivity contribution in [3.05, 3.63) is 42.0 Å². The first-order valence-electron chi connectivity index (χ1n) is 12.1. The number of hydrogen-bond donors (Lipinski definition) is 0. The van der Waals surface area contributed by atoms with Gasteiger partial charge in [-0.3, -0.25) is 9.59 Å². The molecule has 0 fully saturated rings. The number of fused-ring (bicyclic) bond motifs is 6. The molecule has 0 aliphatic carbocycles. The Hall–Kier alpha value is -4.14. The van der Waals surface area contributed by atoms with Crippen LogP contribution in [-0.2, 0) is 19.1 Å². The normalized spacial score (nSPS) is 15.3. The Bertz CT molecular complexity index is 1370. The van der Waals surface area contributed by atoms with E-state index >= 15 is 0 Å². The standard InChI is InChI=1S/C28H29NO8/c1-6-34-27(30)23(28(31)35-7-2)25-22-16(10-11-19(32-4)26(22)33-5)17-9-8-15-12-20-21(37-14-36-20)13-18(15)24(17)29(25)3/h8-13,23,25H,6-7,14H2,1-5H3. The van der Waals surface area contributed by atoms with Crippen LogP contribution in [0.5, 0.6) is 23.0 Å². The highest BCUT2D eigenvalue weighted by atomic mass is 16.7. The smallest absolute Gasteiger partial charge is 0.322 e. The van der Waals surface area contributed by atoms with Crippen molar-refractivity contribution < 1.29 is 38.0 Å². The second-order valence-corrected chi connectivity index (χ2v) is 8.69. The number of benzene rings is 3. The summed E-state index contributed by atoms with van der Waals surface area (Å²) < 4.78 is 33.4. The molecule has 0 bridgehead atoms. The highest BCUT2D eigenvalue weighted by molar-refractivity contribution is 6.07. The summed E-state index contributed by atoms with van der Waals surface area (Å²) in [7, 11) is 4.93. The molecule has 2 aliphatic rings. The Balaban J connectivity index is 1.83. The molecule has 1 unspecified atom stereocenters. The first-order chi connectivity index (χ1) is 17.9. The van der Waals surface area contributed by atoms with Crippen molar-refractivity contribution in [3.8, 4) is 34.1 Å². The van der Waals surface area contributed by atoms with Crippen LogP contribution in [0.15, 0.2) is 36.4 Å². The number of ether oxygens (including phenoxy) is 6. The van der Waals surface area contributed by atoms with Gasteiger partial charge in [-0.1, -0.05) is 12.1 Å². The van der Waals surface area contributed by atoms with E-state index in [-0.39, 0.29) is 20.0 Å². The molecular formula is C28H29NO8. The molecule has 37 heavy (non-hydrogen) atoms. The van der Waals surface area contributed by atoms with Gasteiger partial charge >= 0.3 is 11.9 Å². The zero-order valence-corrected chi connectivity index (χ0v) is 21.5. The van der Waals surface area contributed by atoms with E-state index in [1.807, 2.05) is 48.3 Å². The Morgan fingerprint density at radius 1 is 0.946 bits per heavy atom. The molecule has 1 atom stereocenters. The summed E-state index contributed by atoms with van der Waals surface area (Å²) in [5.74, 6) is -0.390. The van der Waals surface area contributed by atoms with E-state index in [0.717, 1.165) is 27.6 Å². The van der Waals surface area contributed by atoms with Gasteiger partial charge in [0.1, 0.15) is 0 Å². The lowest BCUT2D eigenvalue weighted by molar-refractivity contribution is -0.162. The highest BCUT2D eigenvalue weighted by Crippen LogP contribution is 2.55. The Morgan fingerprint density at radius 2 is 1.59 bits per heavy atom. The lowest BCUT2D eigenvalue weighted by Crippen LogP contribution is -2.43. The van der Waals surface area contributed by atoms with Gasteiger partial charge in [-0.2, -0.15) is 0 Å². The zero-order chi connectivity index (χ0) is 26.3. The van der Waals surface area contributed by atoms with Crippen LogP contribution in [-0.4, -0.2) is 53.2 Å². The fourth-order valence-electron chi connectivity index (χ4n) is 5.32. The van der Waals surface area contributed by atoms with Gasteiger partial charge in [0.15, 0.2) is 28.9 Å². The van der Waals surface area contributed by atoms with Gasteiger partial charge in [-0.05, 0) is 49.1 Å². The Labute approximate surface area is 214 Å². The third-order valence-electron chi connectivity index (χ3n) is 6.82. The zero-order valence-electron chi connectivity index (χ0n) is 21.5. The maximum Gasteiger partial charge on any atom is 0.322 e. The van der Waals surface area contributed by atoms with Crippen LogP contribution in [0.25, 0.3) is 21.9 Å². The molecule has 0 N–H and O–H groups in total. The van der Waals surface area contributed by atoms with Crippen LogP contribution < -0.4 is 23.8 Å². The number of esters is 2. The summed E-state index contributed by atoms with van der Waals surface area (Å²) in [6, 6.07) is 10.8. The maximum absolute atomic E-state index is 13.3. The van der Waals surface area contributed by atoms with E-state index < -0.39 is 23.9 Å². The number of carbonyl (C=O) groups excluding carboxylic acids is 2. The van der Waals surface area contributed by atoms with Crippen molar-refractivity contribution in [1.82, 2.24) is 0 Å². The summed E-state index contributed by atoms with van der Waals surface area (Å²) in [5.41, 5.74) is 3.20. The van der Waals surface area contributed by atoms with Crippen molar-refractivity contribution >= 4 is 28.4 Å². The van der Waals surface area contributed by atoms with Gasteiger partial charge in [-0.25, -0.2) is 0 Å². The van der Waals surface area contributed by atoms with Crippen molar-refractivity contribution in [2.45, 2.75) is 19.9 Å². The summed E-state index contributed by atoms with van der Waals surface area (Å²) in [6.07, 6.45) is 0. The van der Waals surface area contributed by atoms with Gasteiger partial charge < -0.3 is 33.3 Å². The van der Waals surface area contributed by atoms with Crippen LogP contribution in [0, 0.1) is 5.92 Å². The van der Waals surface area contributed by atoms with Crippen molar-refractivity contribution in [1.29, 1.82) is 0 Å². The average Bonchev–Trinajstić information content (AvgIpc) is 3.35. The van der Waals surface area contributed by atoms with Gasteiger partial charge in [0.05, 0.1) is 39.2 Å². The van der Waals surface area contributed by atoms with Gasteiger partial charge in [0.2, 0.25) is 6.79 Å². The number of carbonyl (C=O) groups is 2. The number of nitrogens with zero attached hydrogens (tertiary/aromatic N) is 1. The number of methoxy groups -OCH3 is 2. The maximum atomic E-state index is 13.3. The first-order valence-corrected chi connectivity index (χ1v) is 12.1. The molecule has 0 spiro atoms. The number of anilines is 1. The van der Waals surface area contributed by atoms with E-state index in [0.29, 0.717) is 28.6 Å².